The van der Waals surface area contributed by atoms with Crippen molar-refractivity contribution in [3.8, 4) is 23.0 Å². The molecule has 0 saturated carbocycles. The zero-order valence-corrected chi connectivity index (χ0v) is 52.2. The van der Waals surface area contributed by atoms with E-state index in [4.69, 9.17) is 18.9 Å². The number of benzene rings is 5. The van der Waals surface area contributed by atoms with E-state index >= 15 is 0 Å². The lowest BCUT2D eigenvalue weighted by Gasteiger charge is -2.36. The van der Waals surface area contributed by atoms with Crippen molar-refractivity contribution in [2.45, 2.75) is 209 Å². The Morgan fingerprint density at radius 1 is 0.250 bits per heavy atom. The summed E-state index contributed by atoms with van der Waals surface area (Å²) in [7, 11) is 4.88. The minimum Gasteiger partial charge on any atom is -0.496 e. The Morgan fingerprint density at radius 3 is 0.500 bits per heavy atom. The molecule has 0 fully saturated rings. The van der Waals surface area contributed by atoms with Gasteiger partial charge in [-0.2, -0.15) is 0 Å². The third-order valence-corrected chi connectivity index (χ3v) is 19.0. The van der Waals surface area contributed by atoms with Gasteiger partial charge in [-0.3, -0.25) is 0 Å². The molecule has 0 N–H and O–H groups in total. The second kappa shape index (κ2) is 20.4. The van der Waals surface area contributed by atoms with Gasteiger partial charge < -0.3 is 18.9 Å². The van der Waals surface area contributed by atoms with E-state index in [1.165, 1.54) is 76.3 Å². The number of hydrogen-bond acceptors (Lipinski definition) is 4. The second-order valence-electron chi connectivity index (χ2n) is 28.5. The van der Waals surface area contributed by atoms with Crippen molar-refractivity contribution in [1.29, 1.82) is 0 Å². The Kier molecular flexibility index (Phi) is 16.7. The molecule has 0 aliphatic carbocycles. The average Bonchev–Trinajstić information content (AvgIpc) is 3.23. The summed E-state index contributed by atoms with van der Waals surface area (Å²) in [6, 6.07) is 29.5. The Balaban J connectivity index is 2.21. The number of methoxy groups -OCH3 is 4. The first kappa shape index (κ1) is 59.0. The van der Waals surface area contributed by atoms with Crippen LogP contribution in [0.2, 0.25) is 0 Å². The van der Waals surface area contributed by atoms with Crippen LogP contribution in [0.25, 0.3) is 0 Å². The Bertz CT molecular complexity index is 2260. The molecule has 0 bridgehead atoms. The van der Waals surface area contributed by atoms with Gasteiger partial charge in [-0.05, 0) is 140 Å². The van der Waals surface area contributed by atoms with Gasteiger partial charge in [0.05, 0.1) is 28.4 Å². The predicted molar refractivity (Wildman–Crippen MR) is 320 cm³/mol. The van der Waals surface area contributed by atoms with Crippen molar-refractivity contribution in [3.05, 3.63) is 117 Å². The molecule has 0 aliphatic heterocycles. The molecular formula is C66H96O4P2. The first-order valence-corrected chi connectivity index (χ1v) is 28.9. The van der Waals surface area contributed by atoms with Crippen molar-refractivity contribution in [3.63, 3.8) is 0 Å². The molecule has 0 saturated heterocycles. The lowest BCUT2D eigenvalue weighted by molar-refractivity contribution is 0.381. The molecule has 0 aliphatic rings. The van der Waals surface area contributed by atoms with E-state index in [0.717, 1.165) is 23.0 Å². The van der Waals surface area contributed by atoms with Crippen LogP contribution in [0.15, 0.2) is 72.8 Å². The third kappa shape index (κ3) is 12.3. The summed E-state index contributed by atoms with van der Waals surface area (Å²) in [5, 5.41) is 7.96. The standard InChI is InChI=1S/C66H96O4P2/c1-59(2,3)45-33-41(34-46(55(45)67-25)60(4,5)6)71(42-35-47(61(7,8)9)56(68-26)48(36-42)62(10,11)12)53-31-29-30-32-54(53)72(43-37-49(63(13,14)15)57(69-27)50(38-43)64(16,17)18)44-39-51(65(19,20)21)58(70-28)52(40-44)66(22,23)24/h29-40H,1-28H3. The number of hydrogen-bond donors (Lipinski definition) is 0. The zero-order chi connectivity index (χ0) is 54.9. The molecule has 0 amide bonds. The number of ether oxygens (including phenoxy) is 4. The highest BCUT2D eigenvalue weighted by molar-refractivity contribution is 7.85. The van der Waals surface area contributed by atoms with E-state index in [2.05, 4.69) is 239 Å². The highest BCUT2D eigenvalue weighted by atomic mass is 31.1. The largest absolute Gasteiger partial charge is 0.496 e. The van der Waals surface area contributed by atoms with Crippen molar-refractivity contribution in [1.82, 2.24) is 0 Å². The molecular weight excluding hydrogens is 919 g/mol. The van der Waals surface area contributed by atoms with Gasteiger partial charge in [0.15, 0.2) is 0 Å². The van der Waals surface area contributed by atoms with Gasteiger partial charge in [0.25, 0.3) is 0 Å². The fourth-order valence-electron chi connectivity index (χ4n) is 10.0. The molecule has 6 heteroatoms. The van der Waals surface area contributed by atoms with Crippen LogP contribution in [0.5, 0.6) is 23.0 Å². The Hall–Kier alpha value is -3.84. The summed E-state index contributed by atoms with van der Waals surface area (Å²) in [6.45, 7) is 55.8. The topological polar surface area (TPSA) is 36.9 Å². The van der Waals surface area contributed by atoms with E-state index in [1.54, 1.807) is 0 Å². The summed E-state index contributed by atoms with van der Waals surface area (Å²) in [6.07, 6.45) is 0. The van der Waals surface area contributed by atoms with E-state index in [0.29, 0.717) is 0 Å². The average molecular weight is 1020 g/mol. The van der Waals surface area contributed by atoms with Gasteiger partial charge in [0.1, 0.15) is 23.0 Å². The fourth-order valence-corrected chi connectivity index (χ4v) is 15.5. The van der Waals surface area contributed by atoms with Gasteiger partial charge in [-0.15, -0.1) is 0 Å². The van der Waals surface area contributed by atoms with Crippen LogP contribution in [0, 0.1) is 0 Å². The third-order valence-electron chi connectivity index (χ3n) is 14.0. The number of rotatable bonds is 10. The highest BCUT2D eigenvalue weighted by Gasteiger charge is 2.38. The van der Waals surface area contributed by atoms with Crippen molar-refractivity contribution >= 4 is 47.7 Å². The van der Waals surface area contributed by atoms with E-state index < -0.39 is 15.8 Å². The van der Waals surface area contributed by atoms with E-state index in [1.807, 2.05) is 28.4 Å². The predicted octanol–water partition coefficient (Wildman–Crippen LogP) is 15.6. The van der Waals surface area contributed by atoms with Gasteiger partial charge in [0, 0.05) is 44.5 Å². The summed E-state index contributed by atoms with van der Waals surface area (Å²) < 4.78 is 25.9. The first-order chi connectivity index (χ1) is 32.6. The van der Waals surface area contributed by atoms with Crippen LogP contribution in [-0.4, -0.2) is 28.4 Å². The molecule has 5 aromatic carbocycles. The van der Waals surface area contributed by atoms with Gasteiger partial charge >= 0.3 is 0 Å². The fraction of sp³-hybridized carbons (Fsp3) is 0.545. The maximum Gasteiger partial charge on any atom is 0.126 e. The minimum atomic E-state index is -1.25. The Morgan fingerprint density at radius 2 is 0.389 bits per heavy atom. The van der Waals surface area contributed by atoms with E-state index in [9.17, 15) is 0 Å². The van der Waals surface area contributed by atoms with Crippen molar-refractivity contribution in [2.75, 3.05) is 28.4 Å². The second-order valence-corrected chi connectivity index (χ2v) is 32.8. The normalized spacial score (nSPS) is 13.5. The van der Waals surface area contributed by atoms with Crippen LogP contribution in [0.3, 0.4) is 0 Å². The highest BCUT2D eigenvalue weighted by Crippen LogP contribution is 2.50. The van der Waals surface area contributed by atoms with Crippen LogP contribution in [-0.2, 0) is 43.3 Å². The Labute approximate surface area is 442 Å². The van der Waals surface area contributed by atoms with Gasteiger partial charge in [0.2, 0.25) is 0 Å². The van der Waals surface area contributed by atoms with Crippen LogP contribution < -0.4 is 50.8 Å². The maximum atomic E-state index is 6.48. The van der Waals surface area contributed by atoms with Crippen LogP contribution in [0.4, 0.5) is 0 Å². The van der Waals surface area contributed by atoms with Gasteiger partial charge in [-0.1, -0.05) is 190 Å². The maximum absolute atomic E-state index is 6.48. The van der Waals surface area contributed by atoms with Crippen LogP contribution in [0.1, 0.15) is 211 Å². The quantitative estimate of drug-likeness (QED) is 0.131. The molecule has 0 spiro atoms. The molecule has 0 unspecified atom stereocenters. The molecule has 4 nitrogen and oxygen atoms in total. The monoisotopic (exact) mass is 1010 g/mol. The smallest absolute Gasteiger partial charge is 0.126 e. The molecule has 394 valence electrons. The van der Waals surface area contributed by atoms with Gasteiger partial charge in [-0.25, -0.2) is 0 Å². The summed E-state index contributed by atoms with van der Waals surface area (Å²) in [4.78, 5) is 0. The molecule has 0 atom stereocenters. The minimum absolute atomic E-state index is 0.201. The van der Waals surface area contributed by atoms with Crippen LogP contribution >= 0.6 is 15.8 Å². The van der Waals surface area contributed by atoms with Crippen molar-refractivity contribution in [2.24, 2.45) is 0 Å². The first-order valence-electron chi connectivity index (χ1n) is 26.2. The zero-order valence-electron chi connectivity index (χ0n) is 50.5. The van der Waals surface area contributed by atoms with Crippen molar-refractivity contribution < 1.29 is 18.9 Å². The molecule has 0 radical (unpaired) electrons. The molecule has 0 aromatic heterocycles. The summed E-state index contributed by atoms with van der Waals surface area (Å²) in [5.41, 5.74) is 8.17. The SMILES string of the molecule is COc1c(C(C)(C)C)cc(P(c2cc(C(C)(C)C)c(OC)c(C(C)(C)C)c2)c2ccccc2P(c2cc(C(C)(C)C)c(OC)c(C(C)(C)C)c2)c2cc(C(C)(C)C)c(OC)c(C(C)(C)C)c2)cc1C(C)(C)C. The summed E-state index contributed by atoms with van der Waals surface area (Å²) >= 11 is 0. The molecule has 0 heterocycles. The lowest BCUT2D eigenvalue weighted by Crippen LogP contribution is -2.37. The molecule has 5 aromatic rings. The molecule has 72 heavy (non-hydrogen) atoms. The van der Waals surface area contributed by atoms with E-state index in [-0.39, 0.29) is 43.3 Å². The lowest BCUT2D eigenvalue weighted by atomic mass is 9.79. The summed E-state index contributed by atoms with van der Waals surface area (Å²) in [5.74, 6) is 3.93. The molecule has 5 rings (SSSR count).